The van der Waals surface area contributed by atoms with E-state index in [9.17, 15) is 27.9 Å². The molecule has 0 aromatic heterocycles. The summed E-state index contributed by atoms with van der Waals surface area (Å²) < 4.78 is 32.7. The highest BCUT2D eigenvalue weighted by molar-refractivity contribution is 7.92. The summed E-state index contributed by atoms with van der Waals surface area (Å²) in [4.78, 5) is 37.1. The number of ether oxygens (including phenoxy) is 1. The van der Waals surface area contributed by atoms with Gasteiger partial charge < -0.3 is 20.1 Å². The van der Waals surface area contributed by atoms with E-state index in [2.05, 4.69) is 5.32 Å². The van der Waals surface area contributed by atoms with Crippen LogP contribution in [0.1, 0.15) is 0 Å². The van der Waals surface area contributed by atoms with E-state index >= 15 is 0 Å². The number of aliphatic carboxylic acids is 1. The van der Waals surface area contributed by atoms with Crippen molar-refractivity contribution in [1.82, 2.24) is 4.90 Å². The Morgan fingerprint density at radius 2 is 1.65 bits per heavy atom. The molecular formula is C25H24ClN3O7S. The van der Waals surface area contributed by atoms with Gasteiger partial charge in [-0.3, -0.25) is 18.7 Å². The van der Waals surface area contributed by atoms with Gasteiger partial charge >= 0.3 is 5.97 Å². The number of carboxylic acid groups (broad SMARTS) is 1. The van der Waals surface area contributed by atoms with Crippen LogP contribution in [0.2, 0.25) is 5.02 Å². The van der Waals surface area contributed by atoms with Gasteiger partial charge in [-0.15, -0.1) is 0 Å². The zero-order valence-electron chi connectivity index (χ0n) is 19.7. The maximum Gasteiger partial charge on any atom is 0.324 e. The molecule has 0 bridgehead atoms. The number of anilines is 2. The van der Waals surface area contributed by atoms with E-state index in [1.165, 1.54) is 60.5 Å². The van der Waals surface area contributed by atoms with Crippen LogP contribution in [-0.4, -0.2) is 63.0 Å². The third-order valence-corrected chi connectivity index (χ3v) is 7.00. The molecule has 0 aliphatic carbocycles. The fourth-order valence-corrected chi connectivity index (χ4v) is 4.84. The summed E-state index contributed by atoms with van der Waals surface area (Å²) in [6, 6.07) is 19.9. The molecule has 3 aromatic rings. The Bertz CT molecular complexity index is 1380. The number of nitrogens with one attached hydrogen (secondary N) is 1. The van der Waals surface area contributed by atoms with Crippen molar-refractivity contribution in [3.63, 3.8) is 0 Å². The summed E-state index contributed by atoms with van der Waals surface area (Å²) in [5, 5.41) is 12.1. The van der Waals surface area contributed by atoms with Crippen molar-refractivity contribution >= 4 is 50.8 Å². The van der Waals surface area contributed by atoms with Gasteiger partial charge in [-0.2, -0.15) is 0 Å². The number of benzene rings is 3. The molecule has 2 N–H and O–H groups in total. The van der Waals surface area contributed by atoms with Gasteiger partial charge in [0.1, 0.15) is 12.3 Å². The van der Waals surface area contributed by atoms with Gasteiger partial charge in [-0.25, -0.2) is 8.42 Å². The van der Waals surface area contributed by atoms with Crippen molar-refractivity contribution < 1.29 is 32.6 Å². The Morgan fingerprint density at radius 3 is 2.32 bits per heavy atom. The van der Waals surface area contributed by atoms with Gasteiger partial charge in [-0.1, -0.05) is 41.9 Å². The molecule has 2 amide bonds. The van der Waals surface area contributed by atoms with Crippen molar-refractivity contribution in [3.05, 3.63) is 83.9 Å². The van der Waals surface area contributed by atoms with Gasteiger partial charge in [-0.05, 0) is 48.5 Å². The van der Waals surface area contributed by atoms with Crippen LogP contribution >= 0.6 is 11.6 Å². The van der Waals surface area contributed by atoms with Crippen molar-refractivity contribution in [2.45, 2.75) is 4.90 Å². The molecule has 10 nitrogen and oxygen atoms in total. The van der Waals surface area contributed by atoms with Crippen molar-refractivity contribution in [3.8, 4) is 5.75 Å². The number of likely N-dealkylation sites (N-methyl/N-ethyl adjacent to an activating group) is 1. The van der Waals surface area contributed by atoms with Crippen LogP contribution in [0.4, 0.5) is 11.4 Å². The van der Waals surface area contributed by atoms with Crippen molar-refractivity contribution in [2.75, 3.05) is 36.4 Å². The molecule has 0 fully saturated rings. The molecule has 37 heavy (non-hydrogen) atoms. The number of sulfonamides is 1. The molecule has 0 saturated carbocycles. The number of rotatable bonds is 11. The van der Waals surface area contributed by atoms with E-state index in [1.54, 1.807) is 24.3 Å². The van der Waals surface area contributed by atoms with Gasteiger partial charge in [0.05, 0.1) is 17.1 Å². The maximum atomic E-state index is 13.3. The van der Waals surface area contributed by atoms with Crippen LogP contribution in [0.5, 0.6) is 5.75 Å². The quantitative estimate of drug-likeness (QED) is 0.378. The average Bonchev–Trinajstić information content (AvgIpc) is 2.86. The summed E-state index contributed by atoms with van der Waals surface area (Å²) in [5.74, 6) is -1.85. The first-order valence-corrected chi connectivity index (χ1v) is 12.7. The molecule has 12 heteroatoms. The second-order valence-corrected chi connectivity index (χ2v) is 10.1. The monoisotopic (exact) mass is 545 g/mol. The molecular weight excluding hydrogens is 522 g/mol. The molecule has 3 aromatic carbocycles. The third-order valence-electron chi connectivity index (χ3n) is 4.99. The molecule has 194 valence electrons. The van der Waals surface area contributed by atoms with Crippen LogP contribution in [0.3, 0.4) is 0 Å². The minimum absolute atomic E-state index is 0.0715. The number of carbonyl (C=O) groups is 3. The van der Waals surface area contributed by atoms with Gasteiger partial charge in [0.15, 0.2) is 6.61 Å². The first-order chi connectivity index (χ1) is 17.6. The van der Waals surface area contributed by atoms with E-state index in [0.717, 1.165) is 0 Å². The summed E-state index contributed by atoms with van der Waals surface area (Å²) in [6.07, 6.45) is 0. The smallest absolute Gasteiger partial charge is 0.324 e. The minimum atomic E-state index is -4.33. The van der Waals surface area contributed by atoms with E-state index in [-0.39, 0.29) is 34.4 Å². The number of hydrogen-bond acceptors (Lipinski definition) is 6. The first-order valence-electron chi connectivity index (χ1n) is 10.9. The Morgan fingerprint density at radius 1 is 0.946 bits per heavy atom. The molecule has 0 atom stereocenters. The Balaban J connectivity index is 1.69. The van der Waals surface area contributed by atoms with Crippen LogP contribution in [-0.2, 0) is 24.4 Å². The van der Waals surface area contributed by atoms with Crippen LogP contribution in [0.15, 0.2) is 83.8 Å². The fraction of sp³-hybridized carbons (Fsp3) is 0.160. The number of nitrogens with zero attached hydrogens (tertiary/aromatic N) is 2. The predicted molar refractivity (Wildman–Crippen MR) is 138 cm³/mol. The number of carbonyl (C=O) groups excluding carboxylic acids is 2. The van der Waals surface area contributed by atoms with Gasteiger partial charge in [0.2, 0.25) is 5.91 Å². The number of para-hydroxylation sites is 1. The molecule has 0 spiro atoms. The fourth-order valence-electron chi connectivity index (χ4n) is 3.21. The van der Waals surface area contributed by atoms with Crippen LogP contribution in [0, 0.1) is 0 Å². The molecule has 0 saturated heterocycles. The lowest BCUT2D eigenvalue weighted by molar-refractivity contribution is -0.135. The minimum Gasteiger partial charge on any atom is -0.484 e. The van der Waals surface area contributed by atoms with Crippen LogP contribution in [0.25, 0.3) is 0 Å². The largest absolute Gasteiger partial charge is 0.484 e. The number of carboxylic acids is 1. The second kappa shape index (κ2) is 12.2. The highest BCUT2D eigenvalue weighted by Crippen LogP contribution is 2.27. The first kappa shape index (κ1) is 27.5. The van der Waals surface area contributed by atoms with E-state index in [4.69, 9.17) is 16.3 Å². The summed E-state index contributed by atoms with van der Waals surface area (Å²) in [6.45, 7) is -1.40. The standard InChI is InChI=1S/C25H24ClN3O7S/c1-28(24(31)17-36-21-10-3-2-4-11-21)15-23(30)27-19-8-6-12-22(14-19)37(34,35)29(16-25(32)33)20-9-5-7-18(26)13-20/h2-14H,15-17H2,1H3,(H,27,30)(H,32,33). The van der Waals surface area contributed by atoms with Crippen LogP contribution < -0.4 is 14.4 Å². The number of halogens is 1. The molecule has 0 unspecified atom stereocenters. The van der Waals surface area contributed by atoms with Crippen molar-refractivity contribution in [2.24, 2.45) is 0 Å². The normalized spacial score (nSPS) is 10.9. The molecule has 0 radical (unpaired) electrons. The Labute approximate surface area is 219 Å². The Hall–Kier alpha value is -4.09. The highest BCUT2D eigenvalue weighted by atomic mass is 35.5. The lowest BCUT2D eigenvalue weighted by Crippen LogP contribution is -2.37. The lowest BCUT2D eigenvalue weighted by atomic mass is 10.3. The zero-order valence-corrected chi connectivity index (χ0v) is 21.3. The molecule has 0 aliphatic heterocycles. The SMILES string of the molecule is CN(CC(=O)Nc1cccc(S(=O)(=O)N(CC(=O)O)c2cccc(Cl)c2)c1)C(=O)COc1ccccc1. The maximum absolute atomic E-state index is 13.3. The average molecular weight is 546 g/mol. The molecule has 0 aliphatic rings. The summed E-state index contributed by atoms with van der Waals surface area (Å²) in [5.41, 5.74) is 0.219. The van der Waals surface area contributed by atoms with Gasteiger partial charge in [0.25, 0.3) is 15.9 Å². The summed E-state index contributed by atoms with van der Waals surface area (Å²) in [7, 11) is -2.90. The van der Waals surface area contributed by atoms with E-state index in [1.807, 2.05) is 6.07 Å². The number of amides is 2. The summed E-state index contributed by atoms with van der Waals surface area (Å²) >= 11 is 5.97. The lowest BCUT2D eigenvalue weighted by Gasteiger charge is -2.23. The highest BCUT2D eigenvalue weighted by Gasteiger charge is 2.27. The van der Waals surface area contributed by atoms with Gasteiger partial charge in [0, 0.05) is 17.8 Å². The van der Waals surface area contributed by atoms with E-state index in [0.29, 0.717) is 10.1 Å². The topological polar surface area (TPSA) is 133 Å². The van der Waals surface area contributed by atoms with E-state index < -0.39 is 34.4 Å². The zero-order chi connectivity index (χ0) is 27.0. The van der Waals surface area contributed by atoms with Crippen molar-refractivity contribution in [1.29, 1.82) is 0 Å². The predicted octanol–water partition coefficient (Wildman–Crippen LogP) is 3.10. The third kappa shape index (κ3) is 7.69. The Kier molecular flexibility index (Phi) is 9.10. The second-order valence-electron chi connectivity index (χ2n) is 7.81. The molecule has 3 rings (SSSR count). The number of hydrogen-bond donors (Lipinski definition) is 2. The molecule has 0 heterocycles.